The maximum atomic E-state index is 13.3. The summed E-state index contributed by atoms with van der Waals surface area (Å²) in [6.45, 7) is 8.80. The molecule has 1 N–H and O–H groups in total. The van der Waals surface area contributed by atoms with Gasteiger partial charge in [0.15, 0.2) is 0 Å². The molecule has 44 heavy (non-hydrogen) atoms. The minimum atomic E-state index is -0.400. The molecular weight excluding hydrogens is 552 g/mol. The number of carbonyl (C=O) groups is 2. The molecule has 0 saturated heterocycles. The van der Waals surface area contributed by atoms with Crippen LogP contribution in [0.3, 0.4) is 0 Å². The van der Waals surface area contributed by atoms with E-state index in [2.05, 4.69) is 48.7 Å². The van der Waals surface area contributed by atoms with E-state index in [1.807, 2.05) is 65.2 Å². The van der Waals surface area contributed by atoms with Crippen LogP contribution in [0.5, 0.6) is 5.75 Å². The molecule has 1 aliphatic rings. The molecule has 0 saturated carbocycles. The Morgan fingerprint density at radius 1 is 1.02 bits per heavy atom. The van der Waals surface area contributed by atoms with Gasteiger partial charge in [-0.2, -0.15) is 5.10 Å². The van der Waals surface area contributed by atoms with Gasteiger partial charge in [-0.15, -0.1) is 0 Å². The summed E-state index contributed by atoms with van der Waals surface area (Å²) in [6.07, 6.45) is 7.38. The second-order valence-corrected chi connectivity index (χ2v) is 11.4. The second-order valence-electron chi connectivity index (χ2n) is 11.4. The molecule has 1 aliphatic heterocycles. The monoisotopic (exact) mass is 594 g/mol. The molecule has 0 atom stereocenters. The van der Waals surface area contributed by atoms with Crippen LogP contribution in [-0.2, 0) is 29.1 Å². The molecule has 4 aromatic rings. The Hall–Kier alpha value is -4.59. The maximum absolute atomic E-state index is 13.3. The summed E-state index contributed by atoms with van der Waals surface area (Å²) >= 11 is 0. The summed E-state index contributed by atoms with van der Waals surface area (Å²) in [5.74, 6) is 1.02. The van der Waals surface area contributed by atoms with E-state index < -0.39 is 6.09 Å². The summed E-state index contributed by atoms with van der Waals surface area (Å²) in [6, 6.07) is 20.3. The number of fused-ring (bicyclic) bond motifs is 1. The van der Waals surface area contributed by atoms with Crippen molar-refractivity contribution in [2.75, 3.05) is 24.6 Å². The lowest BCUT2D eigenvalue weighted by Crippen LogP contribution is -2.35. The van der Waals surface area contributed by atoms with E-state index in [4.69, 9.17) is 9.47 Å². The first kappa shape index (κ1) is 30.9. The van der Waals surface area contributed by atoms with Crippen molar-refractivity contribution in [2.45, 2.75) is 66.0 Å². The summed E-state index contributed by atoms with van der Waals surface area (Å²) < 4.78 is 13.2. The summed E-state index contributed by atoms with van der Waals surface area (Å²) in [4.78, 5) is 27.1. The minimum absolute atomic E-state index is 0.134. The standard InChI is InChI=1S/C36H42N4O4/c1-4-18-37-36(42)44-25-29-12-6-11-28(21-29)23-39-24-30(22-38-39)31-13-7-15-33-32(31)14-8-19-40(33)35(41)17-9-20-43-34-16-5-10-26(2)27(34)3/h5-7,10-13,15-16,21-22,24H,4,8-9,14,17-20,23,25H2,1-3H3,(H,37,42). The van der Waals surface area contributed by atoms with Gasteiger partial charge in [-0.3, -0.25) is 9.48 Å². The quantitative estimate of drug-likeness (QED) is 0.179. The lowest BCUT2D eigenvalue weighted by atomic mass is 9.93. The number of aromatic nitrogens is 2. The Morgan fingerprint density at radius 3 is 2.70 bits per heavy atom. The van der Waals surface area contributed by atoms with Crippen LogP contribution in [0.15, 0.2) is 73.1 Å². The van der Waals surface area contributed by atoms with E-state index in [0.717, 1.165) is 65.1 Å². The first-order valence-corrected chi connectivity index (χ1v) is 15.6. The fourth-order valence-corrected chi connectivity index (χ4v) is 5.60. The number of amides is 2. The van der Waals surface area contributed by atoms with Crippen LogP contribution in [0, 0.1) is 13.8 Å². The highest BCUT2D eigenvalue weighted by Crippen LogP contribution is 2.36. The zero-order valence-electron chi connectivity index (χ0n) is 26.0. The Morgan fingerprint density at radius 2 is 1.84 bits per heavy atom. The highest BCUT2D eigenvalue weighted by Gasteiger charge is 2.24. The van der Waals surface area contributed by atoms with Crippen molar-refractivity contribution in [1.82, 2.24) is 15.1 Å². The van der Waals surface area contributed by atoms with Crippen molar-refractivity contribution in [3.05, 3.63) is 101 Å². The van der Waals surface area contributed by atoms with Crippen LogP contribution in [-0.4, -0.2) is 41.5 Å². The third-order valence-corrected chi connectivity index (χ3v) is 8.07. The molecule has 0 spiro atoms. The number of alkyl carbamates (subject to hydrolysis) is 1. The van der Waals surface area contributed by atoms with E-state index in [1.54, 1.807) is 0 Å². The summed E-state index contributed by atoms with van der Waals surface area (Å²) in [5, 5.41) is 7.37. The van der Waals surface area contributed by atoms with Gasteiger partial charge in [0.05, 0.1) is 19.3 Å². The van der Waals surface area contributed by atoms with Crippen molar-refractivity contribution in [3.63, 3.8) is 0 Å². The van der Waals surface area contributed by atoms with Crippen LogP contribution < -0.4 is 15.0 Å². The van der Waals surface area contributed by atoms with Gasteiger partial charge >= 0.3 is 6.09 Å². The molecule has 2 amide bonds. The number of benzene rings is 3. The van der Waals surface area contributed by atoms with E-state index in [0.29, 0.717) is 32.5 Å². The first-order valence-electron chi connectivity index (χ1n) is 15.6. The van der Waals surface area contributed by atoms with Gasteiger partial charge in [0.2, 0.25) is 5.91 Å². The molecule has 2 heterocycles. The van der Waals surface area contributed by atoms with E-state index in [-0.39, 0.29) is 12.5 Å². The average molecular weight is 595 g/mol. The molecular formula is C36H42N4O4. The van der Waals surface area contributed by atoms with E-state index in [9.17, 15) is 9.59 Å². The zero-order valence-corrected chi connectivity index (χ0v) is 26.0. The first-order chi connectivity index (χ1) is 21.4. The van der Waals surface area contributed by atoms with Gasteiger partial charge in [0.1, 0.15) is 12.4 Å². The summed E-state index contributed by atoms with van der Waals surface area (Å²) in [5.41, 5.74) is 8.69. The molecule has 5 rings (SSSR count). The van der Waals surface area contributed by atoms with Gasteiger partial charge in [-0.05, 0) is 85.0 Å². The minimum Gasteiger partial charge on any atom is -0.493 e. The van der Waals surface area contributed by atoms with E-state index in [1.165, 1.54) is 11.1 Å². The Bertz CT molecular complexity index is 1590. The topological polar surface area (TPSA) is 85.7 Å². The van der Waals surface area contributed by atoms with Gasteiger partial charge in [0, 0.05) is 37.0 Å². The predicted molar refractivity (Wildman–Crippen MR) is 173 cm³/mol. The van der Waals surface area contributed by atoms with Crippen LogP contribution in [0.2, 0.25) is 0 Å². The molecule has 0 radical (unpaired) electrons. The molecule has 0 bridgehead atoms. The van der Waals surface area contributed by atoms with Crippen molar-refractivity contribution >= 4 is 17.7 Å². The molecule has 0 fully saturated rings. The van der Waals surface area contributed by atoms with Gasteiger partial charge in [-0.1, -0.05) is 55.5 Å². The zero-order chi connectivity index (χ0) is 30.9. The molecule has 230 valence electrons. The van der Waals surface area contributed by atoms with Crippen molar-refractivity contribution in [3.8, 4) is 16.9 Å². The fraction of sp³-hybridized carbons (Fsp3) is 0.361. The number of hydrogen-bond donors (Lipinski definition) is 1. The smallest absolute Gasteiger partial charge is 0.407 e. The lowest BCUT2D eigenvalue weighted by molar-refractivity contribution is -0.118. The Balaban J connectivity index is 1.20. The SMILES string of the molecule is CCCNC(=O)OCc1cccc(Cn2cc(-c3cccc4c3CCCN4C(=O)CCCOc3cccc(C)c3C)cn2)c1. The third kappa shape index (κ3) is 7.67. The van der Waals surface area contributed by atoms with Gasteiger partial charge in [0.25, 0.3) is 0 Å². The number of rotatable bonds is 12. The summed E-state index contributed by atoms with van der Waals surface area (Å²) in [7, 11) is 0. The van der Waals surface area contributed by atoms with Crippen molar-refractivity contribution < 1.29 is 19.1 Å². The normalized spacial score (nSPS) is 12.5. The van der Waals surface area contributed by atoms with E-state index >= 15 is 0 Å². The fourth-order valence-electron chi connectivity index (χ4n) is 5.60. The Labute approximate surface area is 260 Å². The number of carbonyl (C=O) groups excluding carboxylic acids is 2. The highest BCUT2D eigenvalue weighted by atomic mass is 16.5. The van der Waals surface area contributed by atoms with Crippen LogP contribution >= 0.6 is 0 Å². The lowest BCUT2D eigenvalue weighted by Gasteiger charge is -2.31. The van der Waals surface area contributed by atoms with Gasteiger partial charge < -0.3 is 19.7 Å². The van der Waals surface area contributed by atoms with Crippen LogP contribution in [0.25, 0.3) is 11.1 Å². The number of nitrogens with one attached hydrogen (secondary N) is 1. The number of nitrogens with zero attached hydrogens (tertiary/aromatic N) is 3. The number of ether oxygens (including phenoxy) is 2. The molecule has 8 nitrogen and oxygen atoms in total. The average Bonchev–Trinajstić information content (AvgIpc) is 3.50. The maximum Gasteiger partial charge on any atom is 0.407 e. The van der Waals surface area contributed by atoms with Crippen molar-refractivity contribution in [2.24, 2.45) is 0 Å². The highest BCUT2D eigenvalue weighted by molar-refractivity contribution is 5.96. The number of hydrogen-bond acceptors (Lipinski definition) is 5. The van der Waals surface area contributed by atoms with Crippen LogP contribution in [0.1, 0.15) is 60.4 Å². The second kappa shape index (κ2) is 14.7. The van der Waals surface area contributed by atoms with Gasteiger partial charge in [-0.25, -0.2) is 4.79 Å². The molecule has 0 aliphatic carbocycles. The molecule has 8 heteroatoms. The molecule has 1 aromatic heterocycles. The molecule has 0 unspecified atom stereocenters. The van der Waals surface area contributed by atoms with Crippen LogP contribution in [0.4, 0.5) is 10.5 Å². The molecule has 3 aromatic carbocycles. The third-order valence-electron chi connectivity index (χ3n) is 8.07. The largest absolute Gasteiger partial charge is 0.493 e. The van der Waals surface area contributed by atoms with Crippen molar-refractivity contribution in [1.29, 1.82) is 0 Å². The number of anilines is 1. The predicted octanol–water partition coefficient (Wildman–Crippen LogP) is 6.99. The number of aryl methyl sites for hydroxylation is 1. The Kier molecular flexibility index (Phi) is 10.3.